The average Bonchev–Trinajstić information content (AvgIpc) is 2.07. The van der Waals surface area contributed by atoms with Crippen molar-refractivity contribution in [2.75, 3.05) is 13.1 Å². The number of hydrogen-bond acceptors (Lipinski definition) is 2. The van der Waals surface area contributed by atoms with E-state index in [2.05, 4.69) is 0 Å². The van der Waals surface area contributed by atoms with Crippen molar-refractivity contribution in [3.05, 3.63) is 0 Å². The third-order valence-corrected chi connectivity index (χ3v) is 1.77. The predicted molar refractivity (Wildman–Crippen MR) is 47.8 cm³/mol. The molecule has 0 rings (SSSR count). The minimum Gasteiger partial charge on any atom is -0.337 e. The van der Waals surface area contributed by atoms with Gasteiger partial charge < -0.3 is 4.90 Å². The Hall–Kier alpha value is -0.860. The highest BCUT2D eigenvalue weighted by atomic mass is 16.2. The fourth-order valence-electron chi connectivity index (χ4n) is 1.02. The molecule has 0 saturated heterocycles. The molecule has 70 valence electrons. The van der Waals surface area contributed by atoms with Crippen molar-refractivity contribution in [1.82, 2.24) is 4.90 Å². The summed E-state index contributed by atoms with van der Waals surface area (Å²) in [5, 5.41) is 0. The SMILES string of the molecule is CCCC(=O)C(=O)N(CC)CC. The molecule has 0 aliphatic carbocycles. The zero-order valence-electron chi connectivity index (χ0n) is 8.09. The maximum atomic E-state index is 11.3. The average molecular weight is 171 g/mol. The lowest BCUT2D eigenvalue weighted by Gasteiger charge is -2.16. The Balaban J connectivity index is 4.07. The molecule has 0 atom stereocenters. The number of Topliss-reactive ketones (excluding diaryl/α,β-unsaturated/α-hetero) is 1. The van der Waals surface area contributed by atoms with E-state index in [1.807, 2.05) is 20.8 Å². The molecule has 0 saturated carbocycles. The van der Waals surface area contributed by atoms with Crippen LogP contribution in [0.25, 0.3) is 0 Å². The highest BCUT2D eigenvalue weighted by Crippen LogP contribution is 1.96. The van der Waals surface area contributed by atoms with Gasteiger partial charge in [-0.05, 0) is 20.3 Å². The van der Waals surface area contributed by atoms with Crippen molar-refractivity contribution in [1.29, 1.82) is 0 Å². The van der Waals surface area contributed by atoms with Gasteiger partial charge >= 0.3 is 0 Å². The van der Waals surface area contributed by atoms with E-state index in [0.29, 0.717) is 19.5 Å². The monoisotopic (exact) mass is 171 g/mol. The van der Waals surface area contributed by atoms with Crippen LogP contribution >= 0.6 is 0 Å². The van der Waals surface area contributed by atoms with Gasteiger partial charge in [-0.2, -0.15) is 0 Å². The maximum Gasteiger partial charge on any atom is 0.289 e. The first-order chi connectivity index (χ1) is 5.67. The van der Waals surface area contributed by atoms with E-state index < -0.39 is 0 Å². The van der Waals surface area contributed by atoms with Gasteiger partial charge in [-0.25, -0.2) is 0 Å². The molecule has 0 fully saturated rings. The Labute approximate surface area is 73.7 Å². The third kappa shape index (κ3) is 3.03. The number of nitrogens with zero attached hydrogens (tertiary/aromatic N) is 1. The molecule has 0 heterocycles. The summed E-state index contributed by atoms with van der Waals surface area (Å²) in [5.74, 6) is -0.594. The fourth-order valence-corrected chi connectivity index (χ4v) is 1.02. The summed E-state index contributed by atoms with van der Waals surface area (Å²) >= 11 is 0. The number of amides is 1. The molecule has 3 heteroatoms. The highest BCUT2D eigenvalue weighted by Gasteiger charge is 2.17. The first kappa shape index (κ1) is 11.1. The molecule has 0 N–H and O–H groups in total. The lowest BCUT2D eigenvalue weighted by molar-refractivity contribution is -0.144. The maximum absolute atomic E-state index is 11.3. The van der Waals surface area contributed by atoms with Crippen molar-refractivity contribution in [3.8, 4) is 0 Å². The number of rotatable bonds is 5. The number of likely N-dealkylation sites (N-methyl/N-ethyl adjacent to an activating group) is 1. The van der Waals surface area contributed by atoms with E-state index in [0.717, 1.165) is 6.42 Å². The number of ketones is 1. The molecule has 0 aliphatic rings. The molecule has 12 heavy (non-hydrogen) atoms. The van der Waals surface area contributed by atoms with E-state index >= 15 is 0 Å². The molecule has 0 spiro atoms. The van der Waals surface area contributed by atoms with Gasteiger partial charge in [-0.1, -0.05) is 6.92 Å². The minimum atomic E-state index is -0.332. The fraction of sp³-hybridized carbons (Fsp3) is 0.778. The van der Waals surface area contributed by atoms with Crippen LogP contribution in [0.5, 0.6) is 0 Å². The number of hydrogen-bond donors (Lipinski definition) is 0. The summed E-state index contributed by atoms with van der Waals surface area (Å²) in [7, 11) is 0. The Kier molecular flexibility index (Phi) is 5.34. The Bertz CT molecular complexity index is 162. The first-order valence-corrected chi connectivity index (χ1v) is 4.49. The van der Waals surface area contributed by atoms with Crippen molar-refractivity contribution in [2.24, 2.45) is 0 Å². The van der Waals surface area contributed by atoms with Crippen LogP contribution in [-0.4, -0.2) is 29.7 Å². The highest BCUT2D eigenvalue weighted by molar-refractivity contribution is 6.36. The van der Waals surface area contributed by atoms with Gasteiger partial charge in [0.25, 0.3) is 5.91 Å². The Morgan fingerprint density at radius 3 is 1.92 bits per heavy atom. The van der Waals surface area contributed by atoms with Gasteiger partial charge in [-0.15, -0.1) is 0 Å². The van der Waals surface area contributed by atoms with Crippen LogP contribution in [0.4, 0.5) is 0 Å². The van der Waals surface area contributed by atoms with E-state index in [1.165, 1.54) is 0 Å². The summed E-state index contributed by atoms with van der Waals surface area (Å²) < 4.78 is 0. The molecule has 0 aliphatic heterocycles. The van der Waals surface area contributed by atoms with E-state index in [4.69, 9.17) is 0 Å². The van der Waals surface area contributed by atoms with Crippen LogP contribution in [0.1, 0.15) is 33.6 Å². The van der Waals surface area contributed by atoms with Gasteiger partial charge in [-0.3, -0.25) is 9.59 Å². The predicted octanol–water partition coefficient (Wildman–Crippen LogP) is 1.22. The van der Waals surface area contributed by atoms with Gasteiger partial charge in [0.05, 0.1) is 0 Å². The van der Waals surface area contributed by atoms with Crippen LogP contribution in [0.15, 0.2) is 0 Å². The van der Waals surface area contributed by atoms with Gasteiger partial charge in [0.15, 0.2) is 0 Å². The van der Waals surface area contributed by atoms with Crippen LogP contribution in [0, 0.1) is 0 Å². The molecule has 3 nitrogen and oxygen atoms in total. The van der Waals surface area contributed by atoms with Gasteiger partial charge in [0, 0.05) is 19.5 Å². The minimum absolute atomic E-state index is 0.263. The summed E-state index contributed by atoms with van der Waals surface area (Å²) in [4.78, 5) is 23.9. The smallest absolute Gasteiger partial charge is 0.289 e. The first-order valence-electron chi connectivity index (χ1n) is 4.49. The third-order valence-electron chi connectivity index (χ3n) is 1.77. The van der Waals surface area contributed by atoms with E-state index in [-0.39, 0.29) is 11.7 Å². The largest absolute Gasteiger partial charge is 0.337 e. The normalized spacial score (nSPS) is 9.58. The molecule has 0 aromatic carbocycles. The summed E-state index contributed by atoms with van der Waals surface area (Å²) in [6.07, 6.45) is 1.11. The standard InChI is InChI=1S/C9H17NO2/c1-4-7-8(11)9(12)10(5-2)6-3/h4-7H2,1-3H3. The molecule has 0 bridgehead atoms. The lowest BCUT2D eigenvalue weighted by atomic mass is 10.2. The Morgan fingerprint density at radius 1 is 1.08 bits per heavy atom. The molecule has 0 aromatic heterocycles. The lowest BCUT2D eigenvalue weighted by Crippen LogP contribution is -2.36. The quantitative estimate of drug-likeness (QED) is 0.583. The molecular formula is C9H17NO2. The number of carbonyl (C=O) groups excluding carboxylic acids is 2. The summed E-state index contributed by atoms with van der Waals surface area (Å²) in [5.41, 5.74) is 0. The van der Waals surface area contributed by atoms with E-state index in [9.17, 15) is 9.59 Å². The van der Waals surface area contributed by atoms with E-state index in [1.54, 1.807) is 4.90 Å². The molecule has 1 amide bonds. The van der Waals surface area contributed by atoms with Crippen LogP contribution in [0.3, 0.4) is 0 Å². The second-order valence-corrected chi connectivity index (χ2v) is 2.65. The summed E-state index contributed by atoms with van der Waals surface area (Å²) in [6.45, 7) is 6.88. The van der Waals surface area contributed by atoms with Crippen molar-refractivity contribution in [3.63, 3.8) is 0 Å². The zero-order chi connectivity index (χ0) is 9.56. The molecular weight excluding hydrogens is 154 g/mol. The molecule has 0 aromatic rings. The Morgan fingerprint density at radius 2 is 1.58 bits per heavy atom. The second kappa shape index (κ2) is 5.75. The number of carbonyl (C=O) groups is 2. The van der Waals surface area contributed by atoms with Crippen LogP contribution in [-0.2, 0) is 9.59 Å². The van der Waals surface area contributed by atoms with Crippen LogP contribution in [0.2, 0.25) is 0 Å². The molecule has 0 radical (unpaired) electrons. The van der Waals surface area contributed by atoms with Crippen molar-refractivity contribution < 1.29 is 9.59 Å². The second-order valence-electron chi connectivity index (χ2n) is 2.65. The van der Waals surface area contributed by atoms with Gasteiger partial charge in [0.2, 0.25) is 5.78 Å². The van der Waals surface area contributed by atoms with Crippen molar-refractivity contribution in [2.45, 2.75) is 33.6 Å². The molecule has 0 unspecified atom stereocenters. The topological polar surface area (TPSA) is 37.4 Å². The van der Waals surface area contributed by atoms with Gasteiger partial charge in [0.1, 0.15) is 0 Å². The van der Waals surface area contributed by atoms with Crippen LogP contribution < -0.4 is 0 Å². The van der Waals surface area contributed by atoms with Crippen molar-refractivity contribution >= 4 is 11.7 Å². The zero-order valence-corrected chi connectivity index (χ0v) is 8.09. The summed E-state index contributed by atoms with van der Waals surface area (Å²) in [6, 6.07) is 0.